The van der Waals surface area contributed by atoms with Crippen molar-refractivity contribution in [1.82, 2.24) is 14.8 Å². The summed E-state index contributed by atoms with van der Waals surface area (Å²) in [5, 5.41) is 7.44. The number of hydrogen-bond donors (Lipinski definition) is 1. The van der Waals surface area contributed by atoms with Gasteiger partial charge in [-0.05, 0) is 34.5 Å². The van der Waals surface area contributed by atoms with E-state index >= 15 is 0 Å². The molecule has 0 aliphatic heterocycles. The molecule has 0 aliphatic rings. The molecule has 0 bridgehead atoms. The van der Waals surface area contributed by atoms with Crippen molar-refractivity contribution in [3.8, 4) is 0 Å². The number of pyridine rings is 1. The molecule has 0 spiro atoms. The number of methoxy groups -OCH3 is 1. The molecular formula is C12H15BrN4O. The van der Waals surface area contributed by atoms with E-state index in [-0.39, 0.29) is 0 Å². The predicted octanol–water partition coefficient (Wildman–Crippen LogP) is 2.74. The van der Waals surface area contributed by atoms with Crippen molar-refractivity contribution in [3.05, 3.63) is 34.7 Å². The minimum Gasteiger partial charge on any atom is -0.383 e. The van der Waals surface area contributed by atoms with Gasteiger partial charge in [0.15, 0.2) is 0 Å². The Labute approximate surface area is 114 Å². The van der Waals surface area contributed by atoms with Crippen LogP contribution in [-0.4, -0.2) is 28.5 Å². The SMILES string of the molecule is COCCn1cc(Nc2ncc(C)cc2Br)cn1. The topological polar surface area (TPSA) is 52.0 Å². The number of nitrogens with one attached hydrogen (secondary N) is 1. The second-order valence-electron chi connectivity index (χ2n) is 3.95. The van der Waals surface area contributed by atoms with Gasteiger partial charge in [0.2, 0.25) is 0 Å². The first kappa shape index (κ1) is 13.0. The van der Waals surface area contributed by atoms with Crippen LogP contribution in [0, 0.1) is 6.92 Å². The molecule has 2 rings (SSSR count). The van der Waals surface area contributed by atoms with Crippen molar-refractivity contribution in [2.45, 2.75) is 13.5 Å². The highest BCUT2D eigenvalue weighted by Crippen LogP contribution is 2.23. The van der Waals surface area contributed by atoms with Gasteiger partial charge in [-0.25, -0.2) is 4.98 Å². The van der Waals surface area contributed by atoms with Crippen molar-refractivity contribution in [3.63, 3.8) is 0 Å². The monoisotopic (exact) mass is 310 g/mol. The number of rotatable bonds is 5. The average molecular weight is 311 g/mol. The standard InChI is InChI=1S/C12H15BrN4O/c1-9-5-11(13)12(14-6-9)16-10-7-15-17(8-10)3-4-18-2/h5-8H,3-4H2,1-2H3,(H,14,16). The van der Waals surface area contributed by atoms with Crippen LogP contribution < -0.4 is 5.32 Å². The van der Waals surface area contributed by atoms with Crippen LogP contribution in [0.5, 0.6) is 0 Å². The molecule has 5 nitrogen and oxygen atoms in total. The first-order valence-electron chi connectivity index (χ1n) is 5.59. The van der Waals surface area contributed by atoms with E-state index in [1.807, 2.05) is 30.1 Å². The van der Waals surface area contributed by atoms with Gasteiger partial charge in [-0.15, -0.1) is 0 Å². The van der Waals surface area contributed by atoms with E-state index in [0.29, 0.717) is 6.61 Å². The molecule has 1 N–H and O–H groups in total. The van der Waals surface area contributed by atoms with E-state index in [0.717, 1.165) is 28.1 Å². The van der Waals surface area contributed by atoms with Crippen molar-refractivity contribution in [2.75, 3.05) is 19.0 Å². The number of nitrogens with zero attached hydrogens (tertiary/aromatic N) is 3. The Morgan fingerprint density at radius 2 is 2.28 bits per heavy atom. The Morgan fingerprint density at radius 1 is 1.44 bits per heavy atom. The number of aromatic nitrogens is 3. The number of halogens is 1. The summed E-state index contributed by atoms with van der Waals surface area (Å²) >= 11 is 3.48. The van der Waals surface area contributed by atoms with Gasteiger partial charge in [-0.3, -0.25) is 4.68 Å². The van der Waals surface area contributed by atoms with Gasteiger partial charge in [0.1, 0.15) is 5.82 Å². The number of aryl methyl sites for hydroxylation is 1. The maximum Gasteiger partial charge on any atom is 0.144 e. The van der Waals surface area contributed by atoms with E-state index in [1.165, 1.54) is 0 Å². The Morgan fingerprint density at radius 3 is 3.00 bits per heavy atom. The summed E-state index contributed by atoms with van der Waals surface area (Å²) in [6.07, 6.45) is 5.51. The van der Waals surface area contributed by atoms with Gasteiger partial charge in [-0.2, -0.15) is 5.10 Å². The fourth-order valence-corrected chi connectivity index (χ4v) is 2.06. The molecule has 0 atom stereocenters. The molecule has 0 fully saturated rings. The smallest absolute Gasteiger partial charge is 0.144 e. The van der Waals surface area contributed by atoms with Crippen molar-refractivity contribution >= 4 is 27.4 Å². The molecule has 96 valence electrons. The molecule has 0 unspecified atom stereocenters. The highest BCUT2D eigenvalue weighted by molar-refractivity contribution is 9.10. The van der Waals surface area contributed by atoms with Gasteiger partial charge in [0.05, 0.1) is 29.5 Å². The van der Waals surface area contributed by atoms with Crippen molar-refractivity contribution in [1.29, 1.82) is 0 Å². The molecule has 0 aliphatic carbocycles. The van der Waals surface area contributed by atoms with Gasteiger partial charge in [0, 0.05) is 19.5 Å². The Bertz CT molecular complexity index is 527. The minimum absolute atomic E-state index is 0.646. The third kappa shape index (κ3) is 3.30. The second kappa shape index (κ2) is 5.97. The predicted molar refractivity (Wildman–Crippen MR) is 74.1 cm³/mol. The van der Waals surface area contributed by atoms with Crippen LogP contribution in [-0.2, 0) is 11.3 Å². The number of ether oxygens (including phenoxy) is 1. The molecule has 0 saturated carbocycles. The summed E-state index contributed by atoms with van der Waals surface area (Å²) in [5.41, 5.74) is 2.02. The Balaban J connectivity index is 2.06. The lowest BCUT2D eigenvalue weighted by Gasteiger charge is -2.05. The fraction of sp³-hybridized carbons (Fsp3) is 0.333. The molecule has 2 aromatic heterocycles. The maximum absolute atomic E-state index is 5.00. The zero-order valence-electron chi connectivity index (χ0n) is 10.4. The quantitative estimate of drug-likeness (QED) is 0.922. The molecular weight excluding hydrogens is 296 g/mol. The highest BCUT2D eigenvalue weighted by atomic mass is 79.9. The summed E-state index contributed by atoms with van der Waals surface area (Å²) in [6.45, 7) is 3.39. The van der Waals surface area contributed by atoms with Crippen LogP contribution in [0.2, 0.25) is 0 Å². The van der Waals surface area contributed by atoms with Crippen LogP contribution in [0.1, 0.15) is 5.56 Å². The van der Waals surface area contributed by atoms with E-state index in [1.54, 1.807) is 13.3 Å². The van der Waals surface area contributed by atoms with Crippen LogP contribution in [0.3, 0.4) is 0 Å². The van der Waals surface area contributed by atoms with Crippen molar-refractivity contribution < 1.29 is 4.74 Å². The van der Waals surface area contributed by atoms with Gasteiger partial charge >= 0.3 is 0 Å². The van der Waals surface area contributed by atoms with Crippen LogP contribution in [0.4, 0.5) is 11.5 Å². The molecule has 2 aromatic rings. The van der Waals surface area contributed by atoms with E-state index < -0.39 is 0 Å². The lowest BCUT2D eigenvalue weighted by molar-refractivity contribution is 0.183. The van der Waals surface area contributed by atoms with E-state index in [9.17, 15) is 0 Å². The first-order chi connectivity index (χ1) is 8.69. The average Bonchev–Trinajstić information content (AvgIpc) is 2.78. The third-order valence-corrected chi connectivity index (χ3v) is 3.00. The maximum atomic E-state index is 5.00. The lowest BCUT2D eigenvalue weighted by Crippen LogP contribution is -2.04. The van der Waals surface area contributed by atoms with Crippen molar-refractivity contribution in [2.24, 2.45) is 0 Å². The van der Waals surface area contributed by atoms with Gasteiger partial charge in [-0.1, -0.05) is 0 Å². The fourth-order valence-electron chi connectivity index (χ4n) is 1.50. The molecule has 18 heavy (non-hydrogen) atoms. The number of hydrogen-bond acceptors (Lipinski definition) is 4. The molecule has 0 saturated heterocycles. The van der Waals surface area contributed by atoms with Gasteiger partial charge in [0.25, 0.3) is 0 Å². The van der Waals surface area contributed by atoms with Gasteiger partial charge < -0.3 is 10.1 Å². The summed E-state index contributed by atoms with van der Waals surface area (Å²) < 4.78 is 7.77. The van der Waals surface area contributed by atoms with Crippen LogP contribution >= 0.6 is 15.9 Å². The number of anilines is 2. The molecule has 0 aromatic carbocycles. The second-order valence-corrected chi connectivity index (χ2v) is 4.81. The summed E-state index contributed by atoms with van der Waals surface area (Å²) in [4.78, 5) is 4.32. The zero-order valence-corrected chi connectivity index (χ0v) is 11.9. The zero-order chi connectivity index (χ0) is 13.0. The minimum atomic E-state index is 0.646. The summed E-state index contributed by atoms with van der Waals surface area (Å²) in [6, 6.07) is 2.02. The Hall–Kier alpha value is -1.40. The Kier molecular flexibility index (Phi) is 4.33. The molecule has 2 heterocycles. The normalized spacial score (nSPS) is 10.6. The lowest BCUT2D eigenvalue weighted by atomic mass is 10.3. The summed E-state index contributed by atoms with van der Waals surface area (Å²) in [7, 11) is 1.68. The largest absolute Gasteiger partial charge is 0.383 e. The van der Waals surface area contributed by atoms with E-state index in [2.05, 4.69) is 31.3 Å². The summed E-state index contributed by atoms with van der Waals surface area (Å²) in [5.74, 6) is 0.784. The third-order valence-electron chi connectivity index (χ3n) is 2.40. The highest BCUT2D eigenvalue weighted by Gasteiger charge is 2.04. The first-order valence-corrected chi connectivity index (χ1v) is 6.39. The van der Waals surface area contributed by atoms with Crippen LogP contribution in [0.25, 0.3) is 0 Å². The molecule has 0 radical (unpaired) electrons. The molecule has 0 amide bonds. The van der Waals surface area contributed by atoms with Crippen LogP contribution in [0.15, 0.2) is 29.1 Å². The molecule has 6 heteroatoms. The van der Waals surface area contributed by atoms with E-state index in [4.69, 9.17) is 4.74 Å².